The van der Waals surface area contributed by atoms with Gasteiger partial charge in [-0.1, -0.05) is 24.3 Å². The molecule has 1 N–H and O–H groups in total. The third-order valence-electron chi connectivity index (χ3n) is 1.18. The van der Waals surface area contributed by atoms with Crippen LogP contribution in [0.1, 0.15) is 26.2 Å². The maximum atomic E-state index is 8.43. The summed E-state index contributed by atoms with van der Waals surface area (Å²) in [6, 6.07) is 0. The van der Waals surface area contributed by atoms with Gasteiger partial charge in [-0.2, -0.15) is 0 Å². The molecule has 1 heteroatoms. The Balaban J connectivity index is 3.10. The van der Waals surface area contributed by atoms with E-state index in [0.717, 1.165) is 24.8 Å². The van der Waals surface area contributed by atoms with Gasteiger partial charge in [-0.3, -0.25) is 0 Å². The third kappa shape index (κ3) is 7.44. The Hall–Kier alpha value is -0.560. The van der Waals surface area contributed by atoms with Gasteiger partial charge in [-0.15, -0.1) is 0 Å². The van der Waals surface area contributed by atoms with Crippen molar-refractivity contribution in [3.63, 3.8) is 0 Å². The lowest BCUT2D eigenvalue weighted by Gasteiger charge is -1.90. The molecule has 0 aromatic rings. The van der Waals surface area contributed by atoms with Crippen molar-refractivity contribution in [1.29, 1.82) is 0 Å². The molecule has 0 rings (SSSR count). The summed E-state index contributed by atoms with van der Waals surface area (Å²) in [5.41, 5.74) is 1.09. The van der Waals surface area contributed by atoms with Gasteiger partial charge in [0.1, 0.15) is 0 Å². The second kappa shape index (κ2) is 6.56. The van der Waals surface area contributed by atoms with Crippen molar-refractivity contribution in [2.24, 2.45) is 0 Å². The van der Waals surface area contributed by atoms with Crippen molar-refractivity contribution < 1.29 is 5.11 Å². The Morgan fingerprint density at radius 1 is 1.50 bits per heavy atom. The average Bonchev–Trinajstić information content (AvgIpc) is 1.87. The van der Waals surface area contributed by atoms with E-state index in [1.807, 2.05) is 13.0 Å². The number of aliphatic hydroxyl groups is 1. The molecular weight excluding hydrogens is 124 g/mol. The van der Waals surface area contributed by atoms with E-state index in [2.05, 4.69) is 12.7 Å². The molecule has 0 aliphatic rings. The van der Waals surface area contributed by atoms with Crippen LogP contribution >= 0.6 is 0 Å². The molecule has 0 bridgehead atoms. The van der Waals surface area contributed by atoms with E-state index in [4.69, 9.17) is 5.11 Å². The van der Waals surface area contributed by atoms with Crippen molar-refractivity contribution >= 4 is 0 Å². The van der Waals surface area contributed by atoms with Crippen molar-refractivity contribution in [2.45, 2.75) is 26.2 Å². The fraction of sp³-hybridized carbons (Fsp3) is 0.556. The van der Waals surface area contributed by atoms with Crippen LogP contribution in [0.2, 0.25) is 0 Å². The largest absolute Gasteiger partial charge is 0.396 e. The Kier molecular flexibility index (Phi) is 6.19. The molecule has 10 heavy (non-hydrogen) atoms. The Labute approximate surface area is 63.1 Å². The molecule has 0 heterocycles. The van der Waals surface area contributed by atoms with Crippen molar-refractivity contribution in [3.05, 3.63) is 24.3 Å². The molecule has 0 aromatic carbocycles. The maximum Gasteiger partial charge on any atom is 0.0431 e. The summed E-state index contributed by atoms with van der Waals surface area (Å²) in [7, 11) is 0. The highest BCUT2D eigenvalue weighted by molar-refractivity contribution is 5.10. The number of allylic oxidation sites excluding steroid dienone is 3. The lowest BCUT2D eigenvalue weighted by atomic mass is 10.2. The number of unbranched alkanes of at least 4 members (excludes halogenated alkanes) is 2. The fourth-order valence-electron chi connectivity index (χ4n) is 0.659. The van der Waals surface area contributed by atoms with Crippen LogP contribution in [0.5, 0.6) is 0 Å². The van der Waals surface area contributed by atoms with Crippen molar-refractivity contribution in [1.82, 2.24) is 0 Å². The SMILES string of the molecule is C=C(C)C=CCCCCO. The van der Waals surface area contributed by atoms with Crippen LogP contribution in [-0.2, 0) is 0 Å². The Bertz CT molecular complexity index is 114. The van der Waals surface area contributed by atoms with Gasteiger partial charge in [0.2, 0.25) is 0 Å². The van der Waals surface area contributed by atoms with E-state index >= 15 is 0 Å². The highest BCUT2D eigenvalue weighted by Crippen LogP contribution is 1.97. The average molecular weight is 140 g/mol. The molecule has 0 aliphatic heterocycles. The minimum absolute atomic E-state index is 0.306. The van der Waals surface area contributed by atoms with Gasteiger partial charge >= 0.3 is 0 Å². The molecule has 0 aromatic heterocycles. The monoisotopic (exact) mass is 140 g/mol. The van der Waals surface area contributed by atoms with E-state index in [1.54, 1.807) is 0 Å². The molecule has 1 nitrogen and oxygen atoms in total. The second-order valence-electron chi connectivity index (χ2n) is 2.47. The summed E-state index contributed by atoms with van der Waals surface area (Å²) in [6.45, 7) is 6.02. The third-order valence-corrected chi connectivity index (χ3v) is 1.18. The number of hydrogen-bond donors (Lipinski definition) is 1. The molecule has 0 unspecified atom stereocenters. The maximum absolute atomic E-state index is 8.43. The van der Waals surface area contributed by atoms with Crippen molar-refractivity contribution in [3.8, 4) is 0 Å². The first-order chi connectivity index (χ1) is 4.77. The summed E-state index contributed by atoms with van der Waals surface area (Å²) in [5.74, 6) is 0. The van der Waals surface area contributed by atoms with E-state index < -0.39 is 0 Å². The second-order valence-corrected chi connectivity index (χ2v) is 2.47. The van der Waals surface area contributed by atoms with Crippen LogP contribution < -0.4 is 0 Å². The van der Waals surface area contributed by atoms with Gasteiger partial charge in [0, 0.05) is 6.61 Å². The van der Waals surface area contributed by atoms with Gasteiger partial charge in [0.05, 0.1) is 0 Å². The lowest BCUT2D eigenvalue weighted by molar-refractivity contribution is 0.285. The summed E-state index contributed by atoms with van der Waals surface area (Å²) in [5, 5.41) is 8.43. The topological polar surface area (TPSA) is 20.2 Å². The first kappa shape index (κ1) is 9.44. The summed E-state index contributed by atoms with van der Waals surface area (Å²) in [6.07, 6.45) is 7.13. The predicted molar refractivity (Wildman–Crippen MR) is 44.9 cm³/mol. The molecule has 0 aliphatic carbocycles. The van der Waals surface area contributed by atoms with E-state index in [9.17, 15) is 0 Å². The zero-order valence-electron chi connectivity index (χ0n) is 6.64. The van der Waals surface area contributed by atoms with Crippen LogP contribution in [0.3, 0.4) is 0 Å². The van der Waals surface area contributed by atoms with E-state index in [-0.39, 0.29) is 0 Å². The Morgan fingerprint density at radius 3 is 2.70 bits per heavy atom. The predicted octanol–water partition coefficient (Wildman–Crippen LogP) is 2.28. The van der Waals surface area contributed by atoms with Crippen LogP contribution in [0.15, 0.2) is 24.3 Å². The first-order valence-electron chi connectivity index (χ1n) is 3.70. The molecular formula is C9H16O. The number of hydrogen-bond acceptors (Lipinski definition) is 1. The minimum atomic E-state index is 0.306. The lowest BCUT2D eigenvalue weighted by Crippen LogP contribution is -1.80. The standard InChI is InChI=1S/C9H16O/c1-9(2)7-5-3-4-6-8-10/h5,7,10H,1,3-4,6,8H2,2H3. The molecule has 0 saturated carbocycles. The molecule has 0 amide bonds. The highest BCUT2D eigenvalue weighted by atomic mass is 16.2. The first-order valence-corrected chi connectivity index (χ1v) is 3.70. The van der Waals surface area contributed by atoms with Crippen LogP contribution in [0.25, 0.3) is 0 Å². The zero-order valence-corrected chi connectivity index (χ0v) is 6.64. The molecule has 0 saturated heterocycles. The molecule has 0 atom stereocenters. The van der Waals surface area contributed by atoms with Gasteiger partial charge in [-0.05, 0) is 26.2 Å². The zero-order chi connectivity index (χ0) is 7.82. The van der Waals surface area contributed by atoms with Crippen molar-refractivity contribution in [2.75, 3.05) is 6.61 Å². The van der Waals surface area contributed by atoms with Gasteiger partial charge in [-0.25, -0.2) is 0 Å². The fourth-order valence-corrected chi connectivity index (χ4v) is 0.659. The molecule has 0 fully saturated rings. The van der Waals surface area contributed by atoms with Gasteiger partial charge in [0.25, 0.3) is 0 Å². The Morgan fingerprint density at radius 2 is 2.20 bits per heavy atom. The molecule has 0 spiro atoms. The van der Waals surface area contributed by atoms with E-state index in [0.29, 0.717) is 6.61 Å². The highest BCUT2D eigenvalue weighted by Gasteiger charge is 1.81. The summed E-state index contributed by atoms with van der Waals surface area (Å²) >= 11 is 0. The molecule has 58 valence electrons. The normalized spacial score (nSPS) is 10.6. The van der Waals surface area contributed by atoms with Gasteiger partial charge < -0.3 is 5.11 Å². The number of rotatable bonds is 5. The summed E-state index contributed by atoms with van der Waals surface area (Å²) in [4.78, 5) is 0. The smallest absolute Gasteiger partial charge is 0.0431 e. The molecule has 0 radical (unpaired) electrons. The van der Waals surface area contributed by atoms with Crippen LogP contribution in [0.4, 0.5) is 0 Å². The van der Waals surface area contributed by atoms with E-state index in [1.165, 1.54) is 0 Å². The minimum Gasteiger partial charge on any atom is -0.396 e. The van der Waals surface area contributed by atoms with Gasteiger partial charge in [0.15, 0.2) is 0 Å². The quantitative estimate of drug-likeness (QED) is 0.459. The number of aliphatic hydroxyl groups excluding tert-OH is 1. The van der Waals surface area contributed by atoms with Crippen LogP contribution in [-0.4, -0.2) is 11.7 Å². The van der Waals surface area contributed by atoms with Crippen LogP contribution in [0, 0.1) is 0 Å². The summed E-state index contributed by atoms with van der Waals surface area (Å²) < 4.78 is 0.